The molecule has 3 aliphatic heterocycles. The van der Waals surface area contributed by atoms with Gasteiger partial charge in [0.05, 0.1) is 11.6 Å². The van der Waals surface area contributed by atoms with Crippen molar-refractivity contribution >= 4 is 51.1 Å². The summed E-state index contributed by atoms with van der Waals surface area (Å²) >= 11 is 12.5. The predicted octanol–water partition coefficient (Wildman–Crippen LogP) is 3.71. The minimum atomic E-state index is -4.44. The maximum atomic E-state index is 14.4. The number of benzene rings is 2. The molecule has 3 atom stereocenters. The quantitative estimate of drug-likeness (QED) is 0.458. The summed E-state index contributed by atoms with van der Waals surface area (Å²) in [5.74, 6) is -0.986. The van der Waals surface area contributed by atoms with Gasteiger partial charge in [0.1, 0.15) is 23.1 Å². The number of hydrogen-bond acceptors (Lipinski definition) is 6. The molecule has 3 aliphatic rings. The molecule has 0 saturated carbocycles. The van der Waals surface area contributed by atoms with Crippen molar-refractivity contribution < 1.29 is 27.9 Å². The molecular weight excluding hydrogens is 629 g/mol. The predicted molar refractivity (Wildman–Crippen MR) is 165 cm³/mol. The van der Waals surface area contributed by atoms with Gasteiger partial charge in [-0.1, -0.05) is 65.7 Å². The van der Waals surface area contributed by atoms with Gasteiger partial charge in [0.2, 0.25) is 21.8 Å². The van der Waals surface area contributed by atoms with Crippen LogP contribution in [0, 0.1) is 0 Å². The van der Waals surface area contributed by atoms with E-state index in [2.05, 4.69) is 0 Å². The van der Waals surface area contributed by atoms with Gasteiger partial charge < -0.3 is 19.8 Å². The van der Waals surface area contributed by atoms with E-state index in [9.17, 15) is 27.9 Å². The summed E-state index contributed by atoms with van der Waals surface area (Å²) < 4.78 is 29.9. The molecule has 0 aromatic heterocycles. The first kappa shape index (κ1) is 31.8. The fourth-order valence-corrected chi connectivity index (χ4v) is 8.16. The molecule has 3 amide bonds. The van der Waals surface area contributed by atoms with Crippen LogP contribution in [-0.2, 0) is 26.2 Å². The minimum Gasteiger partial charge on any atom is -0.465 e. The zero-order valence-electron chi connectivity index (χ0n) is 24.2. The lowest BCUT2D eigenvalue weighted by Gasteiger charge is -2.55. The lowest BCUT2D eigenvalue weighted by atomic mass is 10.0. The fourth-order valence-electron chi connectivity index (χ4n) is 5.83. The van der Waals surface area contributed by atoms with Crippen molar-refractivity contribution in [3.05, 3.63) is 88.6 Å². The second-order valence-electron chi connectivity index (χ2n) is 11.1. The van der Waals surface area contributed by atoms with Crippen molar-refractivity contribution in [1.29, 1.82) is 0 Å². The number of amides is 3. The zero-order chi connectivity index (χ0) is 31.8. The Labute approximate surface area is 266 Å². The first-order valence-corrected chi connectivity index (χ1v) is 16.3. The van der Waals surface area contributed by atoms with Crippen LogP contribution in [0.3, 0.4) is 0 Å². The number of carbonyl (C=O) groups excluding carboxylic acids is 2. The number of sulfonamides is 1. The van der Waals surface area contributed by atoms with Crippen molar-refractivity contribution in [3.8, 4) is 0 Å². The standard InChI is InChI=1S/C30H33Cl2N5O6S/c1-20(2)34-19-27-36(44(42,43)26-12-11-22(31)15-23(26)32)18-24(35(30(40)41)16-21-9-5-3-6-10-21)29(39)37(27)25(28(34)38)17-33-13-7-4-8-14-33/h3-13,15,20,24-25,27H,14,16-19H2,1-2H3,(H,40,41). The van der Waals surface area contributed by atoms with E-state index in [1.165, 1.54) is 23.1 Å². The van der Waals surface area contributed by atoms with Crippen LogP contribution in [0.1, 0.15) is 19.4 Å². The third-order valence-corrected chi connectivity index (χ3v) is 10.6. The van der Waals surface area contributed by atoms with Crippen LogP contribution in [0.15, 0.2) is 77.9 Å². The highest BCUT2D eigenvalue weighted by molar-refractivity contribution is 7.89. The molecule has 1 N–H and O–H groups in total. The van der Waals surface area contributed by atoms with Crippen molar-refractivity contribution in [2.24, 2.45) is 0 Å². The Hall–Kier alpha value is -3.58. The van der Waals surface area contributed by atoms with E-state index >= 15 is 0 Å². The molecule has 11 nitrogen and oxygen atoms in total. The fraction of sp³-hybridized carbons (Fsp3) is 0.367. The Morgan fingerprint density at radius 2 is 1.77 bits per heavy atom. The Bertz CT molecular complexity index is 1600. The minimum absolute atomic E-state index is 0.0825. The van der Waals surface area contributed by atoms with Crippen molar-refractivity contribution in [2.45, 2.75) is 49.6 Å². The second-order valence-corrected chi connectivity index (χ2v) is 13.8. The van der Waals surface area contributed by atoms with E-state index < -0.39 is 46.8 Å². The maximum Gasteiger partial charge on any atom is 0.408 e. The molecule has 0 bridgehead atoms. The van der Waals surface area contributed by atoms with Gasteiger partial charge >= 0.3 is 6.09 Å². The monoisotopic (exact) mass is 661 g/mol. The Balaban J connectivity index is 1.64. The van der Waals surface area contributed by atoms with E-state index in [-0.39, 0.29) is 46.5 Å². The summed E-state index contributed by atoms with van der Waals surface area (Å²) in [5, 5.41) is 10.4. The van der Waals surface area contributed by atoms with E-state index in [0.717, 1.165) is 9.21 Å². The third-order valence-electron chi connectivity index (χ3n) is 8.02. The first-order valence-electron chi connectivity index (χ1n) is 14.1. The highest BCUT2D eigenvalue weighted by atomic mass is 35.5. The largest absolute Gasteiger partial charge is 0.465 e. The van der Waals surface area contributed by atoms with Crippen molar-refractivity contribution in [2.75, 3.05) is 26.2 Å². The van der Waals surface area contributed by atoms with Gasteiger partial charge in [-0.05, 0) is 49.9 Å². The second kappa shape index (κ2) is 12.8. The van der Waals surface area contributed by atoms with Gasteiger partial charge in [0, 0.05) is 37.2 Å². The molecule has 0 spiro atoms. The molecule has 234 valence electrons. The number of carbonyl (C=O) groups is 3. The van der Waals surface area contributed by atoms with Gasteiger partial charge in [0.15, 0.2) is 0 Å². The van der Waals surface area contributed by atoms with Crippen LogP contribution in [0.25, 0.3) is 0 Å². The maximum absolute atomic E-state index is 14.4. The number of fused-ring (bicyclic) bond motifs is 1. The number of rotatable bonds is 8. The van der Waals surface area contributed by atoms with E-state index in [4.69, 9.17) is 23.2 Å². The van der Waals surface area contributed by atoms with Crippen LogP contribution >= 0.6 is 23.2 Å². The molecule has 44 heavy (non-hydrogen) atoms. The molecule has 3 heterocycles. The van der Waals surface area contributed by atoms with Crippen molar-refractivity contribution in [1.82, 2.24) is 23.9 Å². The highest BCUT2D eigenvalue weighted by Crippen LogP contribution is 2.36. The summed E-state index contributed by atoms with van der Waals surface area (Å²) in [6.07, 6.45) is 4.85. The van der Waals surface area contributed by atoms with Gasteiger partial charge in [0.25, 0.3) is 0 Å². The number of halogens is 2. The van der Waals surface area contributed by atoms with Crippen LogP contribution in [0.4, 0.5) is 4.79 Å². The summed E-state index contributed by atoms with van der Waals surface area (Å²) in [7, 11) is -4.44. The van der Waals surface area contributed by atoms with Crippen LogP contribution < -0.4 is 0 Å². The smallest absolute Gasteiger partial charge is 0.408 e. The molecular formula is C30H33Cl2N5O6S. The summed E-state index contributed by atoms with van der Waals surface area (Å²) in [6, 6.07) is 9.87. The normalized spacial score (nSPS) is 22.5. The Morgan fingerprint density at radius 3 is 2.39 bits per heavy atom. The van der Waals surface area contributed by atoms with E-state index in [1.54, 1.807) is 47.5 Å². The summed E-state index contributed by atoms with van der Waals surface area (Å²) in [5.41, 5.74) is 0.613. The SMILES string of the molecule is CC(C)N1CC2N(C(=O)C(N(Cc3ccccc3)C(=O)O)CN2S(=O)(=O)c2ccc(Cl)cc2Cl)C(CN2C=CC=CC2)C1=O. The molecule has 0 aliphatic carbocycles. The molecule has 14 heteroatoms. The topological polar surface area (TPSA) is 122 Å². The first-order chi connectivity index (χ1) is 20.9. The molecule has 2 fully saturated rings. The Kier molecular flexibility index (Phi) is 9.26. The average Bonchev–Trinajstić information content (AvgIpc) is 2.98. The molecule has 2 aromatic rings. The van der Waals surface area contributed by atoms with E-state index in [0.29, 0.717) is 12.1 Å². The molecule has 2 saturated heterocycles. The van der Waals surface area contributed by atoms with Crippen LogP contribution in [0.2, 0.25) is 10.0 Å². The van der Waals surface area contributed by atoms with Crippen LogP contribution in [-0.4, -0.2) is 106 Å². The number of carboxylic acid groups (broad SMARTS) is 1. The molecule has 5 rings (SSSR count). The van der Waals surface area contributed by atoms with E-state index in [1.807, 2.05) is 30.9 Å². The number of piperazine rings is 1. The lowest BCUT2D eigenvalue weighted by Crippen LogP contribution is -2.77. The Morgan fingerprint density at radius 1 is 1.05 bits per heavy atom. The highest BCUT2D eigenvalue weighted by Gasteiger charge is 2.56. The summed E-state index contributed by atoms with van der Waals surface area (Å²) in [6.45, 7) is 3.47. The van der Waals surface area contributed by atoms with Gasteiger partial charge in [-0.25, -0.2) is 13.2 Å². The zero-order valence-corrected chi connectivity index (χ0v) is 26.5. The number of hydrogen-bond donors (Lipinski definition) is 1. The molecule has 2 aromatic carbocycles. The van der Waals surface area contributed by atoms with Crippen LogP contribution in [0.5, 0.6) is 0 Å². The van der Waals surface area contributed by atoms with Crippen molar-refractivity contribution in [3.63, 3.8) is 0 Å². The average molecular weight is 663 g/mol. The number of allylic oxidation sites excluding steroid dienone is 2. The van der Waals surface area contributed by atoms with Gasteiger partial charge in [-0.15, -0.1) is 0 Å². The molecule has 0 radical (unpaired) electrons. The lowest BCUT2D eigenvalue weighted by molar-refractivity contribution is -0.172. The van der Waals surface area contributed by atoms with Gasteiger partial charge in [-0.2, -0.15) is 4.31 Å². The molecule has 3 unspecified atom stereocenters. The summed E-state index contributed by atoms with van der Waals surface area (Å²) in [4.78, 5) is 46.5. The van der Waals surface area contributed by atoms with Gasteiger partial charge in [-0.3, -0.25) is 14.5 Å². The number of nitrogens with zero attached hydrogens (tertiary/aromatic N) is 5. The third kappa shape index (κ3) is 6.16.